The van der Waals surface area contributed by atoms with Crippen LogP contribution in [0, 0.1) is 5.82 Å². The van der Waals surface area contributed by atoms with Gasteiger partial charge in [-0.1, -0.05) is 0 Å². The lowest BCUT2D eigenvalue weighted by atomic mass is 10.1. The molecule has 1 aromatic carbocycles. The number of aromatic hydroxyl groups is 1. The minimum Gasteiger partial charge on any atom is -0.506 e. The SMILES string of the molecule is COc1cnc(NCc2cc(O)c(N3CC(=O)NS3(=O)=O)c(F)c2)c(OC)c1. The average Bonchev–Trinajstić information content (AvgIpc) is 2.91. The summed E-state index contributed by atoms with van der Waals surface area (Å²) in [6.45, 7) is -0.554. The molecule has 2 aromatic rings. The molecule has 0 bridgehead atoms. The Labute approximate surface area is 160 Å². The van der Waals surface area contributed by atoms with E-state index in [0.717, 1.165) is 6.07 Å². The lowest BCUT2D eigenvalue weighted by molar-refractivity contribution is -0.117. The van der Waals surface area contributed by atoms with Crippen molar-refractivity contribution in [3.63, 3.8) is 0 Å². The highest BCUT2D eigenvalue weighted by Crippen LogP contribution is 2.35. The Morgan fingerprint density at radius 2 is 2.07 bits per heavy atom. The standard InChI is InChI=1S/C16H17FN4O6S/c1-26-10-5-13(27-2)16(19-7-10)18-6-9-3-11(17)15(12(22)4-9)21-8-14(23)20-28(21,24)25/h3-5,7,22H,6,8H2,1-2H3,(H,18,19)(H,20,23). The van der Waals surface area contributed by atoms with Gasteiger partial charge in [-0.15, -0.1) is 0 Å². The van der Waals surface area contributed by atoms with Crippen molar-refractivity contribution in [1.29, 1.82) is 0 Å². The number of amides is 1. The zero-order valence-electron chi connectivity index (χ0n) is 14.9. The number of methoxy groups -OCH3 is 2. The summed E-state index contributed by atoms with van der Waals surface area (Å²) in [4.78, 5) is 15.5. The lowest BCUT2D eigenvalue weighted by Gasteiger charge is -2.18. The molecule has 2 heterocycles. The topological polar surface area (TPSA) is 130 Å². The number of benzene rings is 1. The van der Waals surface area contributed by atoms with E-state index in [1.807, 2.05) is 0 Å². The second-order valence-corrected chi connectivity index (χ2v) is 7.36. The van der Waals surface area contributed by atoms with Gasteiger partial charge in [-0.25, -0.2) is 18.4 Å². The number of pyridine rings is 1. The van der Waals surface area contributed by atoms with Gasteiger partial charge in [0.25, 0.3) is 5.91 Å². The molecule has 1 aromatic heterocycles. The Hall–Kier alpha value is -3.28. The van der Waals surface area contributed by atoms with Crippen LogP contribution in [0.2, 0.25) is 0 Å². The Morgan fingerprint density at radius 1 is 1.32 bits per heavy atom. The molecule has 0 aliphatic carbocycles. The average molecular weight is 412 g/mol. The number of halogens is 1. The van der Waals surface area contributed by atoms with Crippen LogP contribution in [-0.4, -0.2) is 45.2 Å². The van der Waals surface area contributed by atoms with E-state index >= 15 is 0 Å². The number of anilines is 2. The summed E-state index contributed by atoms with van der Waals surface area (Å²) in [7, 11) is -1.30. The summed E-state index contributed by atoms with van der Waals surface area (Å²) in [5.74, 6) is -1.18. The fourth-order valence-electron chi connectivity index (χ4n) is 2.65. The predicted octanol–water partition coefficient (Wildman–Crippen LogP) is 0.737. The summed E-state index contributed by atoms with van der Waals surface area (Å²) in [5.41, 5.74) is -0.281. The minimum atomic E-state index is -4.24. The van der Waals surface area contributed by atoms with Gasteiger partial charge in [0.2, 0.25) is 0 Å². The van der Waals surface area contributed by atoms with E-state index in [9.17, 15) is 22.7 Å². The summed E-state index contributed by atoms with van der Waals surface area (Å²) in [6, 6.07) is 3.86. The van der Waals surface area contributed by atoms with Gasteiger partial charge < -0.3 is 19.9 Å². The number of ether oxygens (including phenoxy) is 2. The maximum Gasteiger partial charge on any atom is 0.326 e. The molecule has 0 atom stereocenters. The zero-order chi connectivity index (χ0) is 20.5. The third-order valence-electron chi connectivity index (χ3n) is 3.92. The normalized spacial score (nSPS) is 15.2. The number of hydrogen-bond donors (Lipinski definition) is 3. The Kier molecular flexibility index (Phi) is 5.14. The number of rotatable bonds is 6. The van der Waals surface area contributed by atoms with Crippen molar-refractivity contribution in [2.45, 2.75) is 6.54 Å². The minimum absolute atomic E-state index is 0.0599. The Bertz CT molecular complexity index is 1010. The molecule has 12 heteroatoms. The van der Waals surface area contributed by atoms with Crippen LogP contribution in [0.3, 0.4) is 0 Å². The molecule has 10 nitrogen and oxygen atoms in total. The van der Waals surface area contributed by atoms with Crippen LogP contribution in [0.4, 0.5) is 15.9 Å². The molecule has 28 heavy (non-hydrogen) atoms. The molecule has 3 N–H and O–H groups in total. The van der Waals surface area contributed by atoms with Gasteiger partial charge in [-0.05, 0) is 17.7 Å². The van der Waals surface area contributed by atoms with Crippen LogP contribution in [0.25, 0.3) is 0 Å². The Morgan fingerprint density at radius 3 is 2.64 bits per heavy atom. The second-order valence-electron chi connectivity index (χ2n) is 5.76. The summed E-state index contributed by atoms with van der Waals surface area (Å²) in [6.07, 6.45) is 1.47. The molecule has 150 valence electrons. The maximum atomic E-state index is 14.5. The maximum absolute atomic E-state index is 14.5. The van der Waals surface area contributed by atoms with Crippen molar-refractivity contribution in [2.24, 2.45) is 0 Å². The van der Waals surface area contributed by atoms with Crippen molar-refractivity contribution < 1.29 is 32.2 Å². The van der Waals surface area contributed by atoms with Crippen molar-refractivity contribution in [3.8, 4) is 17.2 Å². The number of carbonyl (C=O) groups is 1. The first-order valence-electron chi connectivity index (χ1n) is 7.91. The van der Waals surface area contributed by atoms with Gasteiger partial charge >= 0.3 is 10.2 Å². The smallest absolute Gasteiger partial charge is 0.326 e. The first-order valence-corrected chi connectivity index (χ1v) is 9.35. The quantitative estimate of drug-likeness (QED) is 0.633. The molecule has 1 amide bonds. The summed E-state index contributed by atoms with van der Waals surface area (Å²) >= 11 is 0. The molecule has 0 unspecified atom stereocenters. The van der Waals surface area contributed by atoms with Crippen LogP contribution in [0.1, 0.15) is 5.56 Å². The monoisotopic (exact) mass is 412 g/mol. The van der Waals surface area contributed by atoms with Gasteiger partial charge in [-0.2, -0.15) is 8.42 Å². The molecule has 0 saturated carbocycles. The second kappa shape index (κ2) is 7.38. The summed E-state index contributed by atoms with van der Waals surface area (Å²) < 4.78 is 50.7. The third kappa shape index (κ3) is 3.71. The fraction of sp³-hybridized carbons (Fsp3) is 0.250. The molecule has 1 aliphatic heterocycles. The van der Waals surface area contributed by atoms with Gasteiger partial charge in [0.15, 0.2) is 17.4 Å². The highest BCUT2D eigenvalue weighted by atomic mass is 32.2. The molecule has 3 rings (SSSR count). The van der Waals surface area contributed by atoms with Gasteiger partial charge in [0.05, 0.1) is 20.4 Å². The number of nitrogens with zero attached hydrogens (tertiary/aromatic N) is 2. The first-order chi connectivity index (χ1) is 13.2. The van der Waals surface area contributed by atoms with Crippen molar-refractivity contribution in [3.05, 3.63) is 35.8 Å². The van der Waals surface area contributed by atoms with Crippen molar-refractivity contribution >= 4 is 27.6 Å². The number of aromatic nitrogens is 1. The predicted molar refractivity (Wildman–Crippen MR) is 97.1 cm³/mol. The molecule has 0 radical (unpaired) electrons. The number of phenols is 1. The van der Waals surface area contributed by atoms with Crippen LogP contribution < -0.4 is 23.8 Å². The van der Waals surface area contributed by atoms with Gasteiger partial charge in [0, 0.05) is 12.6 Å². The molecular weight excluding hydrogens is 395 g/mol. The van der Waals surface area contributed by atoms with Crippen molar-refractivity contribution in [2.75, 3.05) is 30.4 Å². The van der Waals surface area contributed by atoms with Crippen LogP contribution in [-0.2, 0) is 21.5 Å². The van der Waals surface area contributed by atoms with Gasteiger partial charge in [-0.3, -0.25) is 4.79 Å². The van der Waals surface area contributed by atoms with Crippen LogP contribution in [0.5, 0.6) is 17.2 Å². The number of hydrogen-bond acceptors (Lipinski definition) is 8. The van der Waals surface area contributed by atoms with E-state index in [2.05, 4.69) is 10.3 Å². The first kappa shape index (κ1) is 19.5. The largest absolute Gasteiger partial charge is 0.506 e. The van der Waals surface area contributed by atoms with E-state index in [4.69, 9.17) is 9.47 Å². The van der Waals surface area contributed by atoms with E-state index in [1.54, 1.807) is 10.8 Å². The van der Waals surface area contributed by atoms with Gasteiger partial charge in [0.1, 0.15) is 23.7 Å². The zero-order valence-corrected chi connectivity index (χ0v) is 15.7. The van der Waals surface area contributed by atoms with Crippen LogP contribution in [0.15, 0.2) is 24.4 Å². The van der Waals surface area contributed by atoms with E-state index in [-0.39, 0.29) is 6.54 Å². The molecule has 0 spiro atoms. The number of phenolic OH excluding ortho intramolecular Hbond substituents is 1. The molecule has 1 aliphatic rings. The van der Waals surface area contributed by atoms with E-state index in [1.165, 1.54) is 26.5 Å². The highest BCUT2D eigenvalue weighted by Gasteiger charge is 2.37. The van der Waals surface area contributed by atoms with E-state index < -0.39 is 39.9 Å². The molecule has 1 saturated heterocycles. The number of carbonyl (C=O) groups excluding carboxylic acids is 1. The summed E-state index contributed by atoms with van der Waals surface area (Å²) in [5, 5.41) is 13.1. The lowest BCUT2D eigenvalue weighted by Crippen LogP contribution is -2.30. The van der Waals surface area contributed by atoms with E-state index in [0.29, 0.717) is 27.2 Å². The van der Waals surface area contributed by atoms with Crippen molar-refractivity contribution in [1.82, 2.24) is 9.71 Å². The third-order valence-corrected chi connectivity index (χ3v) is 5.29. The highest BCUT2D eigenvalue weighted by molar-refractivity contribution is 7.92. The van der Waals surface area contributed by atoms with Crippen LogP contribution >= 0.6 is 0 Å². The molecular formula is C16H17FN4O6S. The number of nitrogens with one attached hydrogen (secondary N) is 2. The fourth-order valence-corrected chi connectivity index (χ4v) is 3.82. The molecule has 1 fully saturated rings. The Balaban J connectivity index is 1.83.